The van der Waals surface area contributed by atoms with Crippen molar-refractivity contribution in [3.8, 4) is 0 Å². The van der Waals surface area contributed by atoms with Crippen LogP contribution in [-0.2, 0) is 4.74 Å². The van der Waals surface area contributed by atoms with E-state index in [-0.39, 0.29) is 5.91 Å². The third kappa shape index (κ3) is 4.06. The van der Waals surface area contributed by atoms with Gasteiger partial charge in [0.15, 0.2) is 0 Å². The average molecular weight is 311 g/mol. The number of carbonyl (C=O) groups excluding carboxylic acids is 1. The minimum Gasteiger partial charge on any atom is -0.389 e. The molecule has 1 amide bonds. The molecule has 0 bridgehead atoms. The fraction of sp³-hybridized carbons (Fsp3) is 0.733. The fourth-order valence-corrected chi connectivity index (χ4v) is 2.68. The van der Waals surface area contributed by atoms with Crippen LogP contribution in [0, 0.1) is 13.8 Å². The molecule has 1 atom stereocenters. The topological polar surface area (TPSA) is 79.0 Å². The molecule has 1 aromatic heterocycles. The molecule has 0 aliphatic carbocycles. The minimum absolute atomic E-state index is 0.0224. The lowest BCUT2D eigenvalue weighted by molar-refractivity contribution is 0.0111. The zero-order valence-electron chi connectivity index (χ0n) is 13.5. The summed E-state index contributed by atoms with van der Waals surface area (Å²) >= 11 is 0. The molecule has 1 fully saturated rings. The number of ether oxygens (including phenoxy) is 1. The van der Waals surface area contributed by atoms with Crippen LogP contribution in [0.5, 0.6) is 0 Å². The van der Waals surface area contributed by atoms with Crippen LogP contribution in [0.1, 0.15) is 28.7 Å². The van der Waals surface area contributed by atoms with Gasteiger partial charge in [0.1, 0.15) is 11.3 Å². The molecule has 7 nitrogen and oxygen atoms in total. The van der Waals surface area contributed by atoms with Crippen LogP contribution >= 0.6 is 0 Å². The number of amides is 1. The van der Waals surface area contributed by atoms with E-state index >= 15 is 0 Å². The van der Waals surface area contributed by atoms with E-state index in [1.165, 1.54) is 0 Å². The van der Waals surface area contributed by atoms with E-state index in [0.29, 0.717) is 49.9 Å². The van der Waals surface area contributed by atoms with Crippen molar-refractivity contribution >= 4 is 5.91 Å². The van der Waals surface area contributed by atoms with Gasteiger partial charge in [-0.25, -0.2) is 0 Å². The molecule has 7 heteroatoms. The molecule has 0 spiro atoms. The summed E-state index contributed by atoms with van der Waals surface area (Å²) in [6, 6.07) is 0. The van der Waals surface area contributed by atoms with Gasteiger partial charge in [-0.15, -0.1) is 0 Å². The van der Waals surface area contributed by atoms with Crippen LogP contribution in [0.2, 0.25) is 0 Å². The molecular formula is C15H25N3O4. The van der Waals surface area contributed by atoms with Gasteiger partial charge >= 0.3 is 0 Å². The Kier molecular flexibility index (Phi) is 5.93. The predicted octanol–water partition coefficient (Wildman–Crippen LogP) is 0.447. The van der Waals surface area contributed by atoms with E-state index in [1.54, 1.807) is 13.8 Å². The van der Waals surface area contributed by atoms with E-state index in [4.69, 9.17) is 9.26 Å². The number of carbonyl (C=O) groups is 1. The van der Waals surface area contributed by atoms with E-state index in [2.05, 4.69) is 10.1 Å². The fourth-order valence-electron chi connectivity index (χ4n) is 2.68. The highest BCUT2D eigenvalue weighted by atomic mass is 16.5. The van der Waals surface area contributed by atoms with E-state index in [1.807, 2.05) is 11.8 Å². The second kappa shape index (κ2) is 7.71. The number of hydrogen-bond acceptors (Lipinski definition) is 6. The van der Waals surface area contributed by atoms with Crippen LogP contribution in [0.3, 0.4) is 0 Å². The molecule has 0 aromatic carbocycles. The standard InChI is InChI=1S/C15H25N3O4/c1-4-21-10-13(19)9-17-5-7-18(8-6-17)15(20)14-11(2)16-22-12(14)3/h13,19H,4-10H2,1-3H3/t13-/m1/s1. The Hall–Kier alpha value is -1.44. The first-order valence-corrected chi connectivity index (χ1v) is 7.73. The van der Waals surface area contributed by atoms with Crippen molar-refractivity contribution in [3.05, 3.63) is 17.0 Å². The molecule has 22 heavy (non-hydrogen) atoms. The molecule has 2 heterocycles. The lowest BCUT2D eigenvalue weighted by atomic mass is 10.1. The second-order valence-electron chi connectivity index (χ2n) is 5.61. The smallest absolute Gasteiger partial charge is 0.259 e. The maximum atomic E-state index is 12.5. The second-order valence-corrected chi connectivity index (χ2v) is 5.61. The number of piperazine rings is 1. The third-order valence-corrected chi connectivity index (χ3v) is 3.89. The summed E-state index contributed by atoms with van der Waals surface area (Å²) in [7, 11) is 0. The van der Waals surface area contributed by atoms with Crippen LogP contribution in [0.4, 0.5) is 0 Å². The Morgan fingerprint density at radius 1 is 1.36 bits per heavy atom. The lowest BCUT2D eigenvalue weighted by Crippen LogP contribution is -2.51. The summed E-state index contributed by atoms with van der Waals surface area (Å²) in [6.07, 6.45) is -0.482. The third-order valence-electron chi connectivity index (χ3n) is 3.89. The molecule has 0 saturated carbocycles. The van der Waals surface area contributed by atoms with Crippen molar-refractivity contribution < 1.29 is 19.2 Å². The molecule has 0 radical (unpaired) electrons. The van der Waals surface area contributed by atoms with Gasteiger partial charge in [0, 0.05) is 39.3 Å². The van der Waals surface area contributed by atoms with Gasteiger partial charge in [-0.1, -0.05) is 5.16 Å². The van der Waals surface area contributed by atoms with Crippen LogP contribution in [0.15, 0.2) is 4.52 Å². The number of nitrogens with zero attached hydrogens (tertiary/aromatic N) is 3. The van der Waals surface area contributed by atoms with E-state index in [9.17, 15) is 9.90 Å². The number of aliphatic hydroxyl groups is 1. The summed E-state index contributed by atoms with van der Waals surface area (Å²) in [5.41, 5.74) is 1.21. The molecule has 0 unspecified atom stereocenters. The summed E-state index contributed by atoms with van der Waals surface area (Å²) in [5, 5.41) is 13.7. The van der Waals surface area contributed by atoms with Gasteiger partial charge in [-0.3, -0.25) is 9.69 Å². The average Bonchev–Trinajstić information content (AvgIpc) is 2.84. The molecule has 1 N–H and O–H groups in total. The van der Waals surface area contributed by atoms with Gasteiger partial charge in [0.2, 0.25) is 0 Å². The maximum Gasteiger partial charge on any atom is 0.259 e. The molecule has 1 aliphatic rings. The molecule has 1 saturated heterocycles. The SMILES string of the molecule is CCOC[C@H](O)CN1CCN(C(=O)c2c(C)noc2C)CC1. The van der Waals surface area contributed by atoms with Crippen molar-refractivity contribution in [1.82, 2.24) is 15.0 Å². The lowest BCUT2D eigenvalue weighted by Gasteiger charge is -2.35. The zero-order valence-corrected chi connectivity index (χ0v) is 13.5. The number of aromatic nitrogens is 1. The highest BCUT2D eigenvalue weighted by molar-refractivity contribution is 5.96. The Morgan fingerprint density at radius 2 is 2.05 bits per heavy atom. The summed E-state index contributed by atoms with van der Waals surface area (Å²) < 4.78 is 10.3. The molecule has 2 rings (SSSR count). The van der Waals surface area contributed by atoms with Crippen molar-refractivity contribution in [3.63, 3.8) is 0 Å². The molecule has 1 aromatic rings. The summed E-state index contributed by atoms with van der Waals surface area (Å²) in [4.78, 5) is 16.5. The molecule has 124 valence electrons. The van der Waals surface area contributed by atoms with Crippen LogP contribution in [0.25, 0.3) is 0 Å². The normalized spacial score (nSPS) is 17.7. The minimum atomic E-state index is -0.482. The monoisotopic (exact) mass is 311 g/mol. The Balaban J connectivity index is 1.83. The number of β-amino-alcohol motifs (C(OH)–C–C–N with tert-alkyl or cyclic N) is 1. The van der Waals surface area contributed by atoms with Gasteiger partial charge in [-0.05, 0) is 20.8 Å². The highest BCUT2D eigenvalue weighted by Crippen LogP contribution is 2.16. The first-order chi connectivity index (χ1) is 10.5. The van der Waals surface area contributed by atoms with Gasteiger partial charge in [0.25, 0.3) is 5.91 Å². The first kappa shape index (κ1) is 16.9. The van der Waals surface area contributed by atoms with Gasteiger partial charge in [-0.2, -0.15) is 0 Å². The number of aryl methyl sites for hydroxylation is 2. The largest absolute Gasteiger partial charge is 0.389 e. The Labute approximate surface area is 130 Å². The zero-order chi connectivity index (χ0) is 16.1. The van der Waals surface area contributed by atoms with Gasteiger partial charge in [0.05, 0.1) is 18.4 Å². The van der Waals surface area contributed by atoms with Crippen molar-refractivity contribution in [2.45, 2.75) is 26.9 Å². The van der Waals surface area contributed by atoms with E-state index < -0.39 is 6.10 Å². The molecular weight excluding hydrogens is 286 g/mol. The number of hydrogen-bond donors (Lipinski definition) is 1. The maximum absolute atomic E-state index is 12.5. The predicted molar refractivity (Wildman–Crippen MR) is 80.8 cm³/mol. The van der Waals surface area contributed by atoms with Crippen LogP contribution < -0.4 is 0 Å². The highest BCUT2D eigenvalue weighted by Gasteiger charge is 2.27. The quantitative estimate of drug-likeness (QED) is 0.821. The first-order valence-electron chi connectivity index (χ1n) is 7.73. The van der Waals surface area contributed by atoms with Crippen LogP contribution in [-0.4, -0.2) is 78.0 Å². The van der Waals surface area contributed by atoms with E-state index in [0.717, 1.165) is 13.1 Å². The number of aliphatic hydroxyl groups excluding tert-OH is 1. The Morgan fingerprint density at radius 3 is 2.59 bits per heavy atom. The summed E-state index contributed by atoms with van der Waals surface area (Å²) in [6.45, 7) is 9.77. The van der Waals surface area contributed by atoms with Gasteiger partial charge < -0.3 is 19.3 Å². The van der Waals surface area contributed by atoms with Crippen molar-refractivity contribution in [1.29, 1.82) is 0 Å². The Bertz CT molecular complexity index is 475. The number of rotatable bonds is 6. The summed E-state index contributed by atoms with van der Waals surface area (Å²) in [5.74, 6) is 0.544. The molecule has 1 aliphatic heterocycles. The van der Waals surface area contributed by atoms with Crippen molar-refractivity contribution in [2.75, 3.05) is 45.9 Å². The van der Waals surface area contributed by atoms with Crippen molar-refractivity contribution in [2.24, 2.45) is 0 Å².